The van der Waals surface area contributed by atoms with Gasteiger partial charge in [-0.25, -0.2) is 0 Å². The molecular formula is C25H34N2O2S. The highest BCUT2D eigenvalue weighted by atomic mass is 32.2. The average Bonchev–Trinajstić information content (AvgIpc) is 2.76. The number of benzene rings is 2. The number of amides is 2. The van der Waals surface area contributed by atoms with Gasteiger partial charge in [0.15, 0.2) is 0 Å². The van der Waals surface area contributed by atoms with Crippen LogP contribution in [0.4, 0.5) is 0 Å². The topological polar surface area (TPSA) is 49.4 Å². The molecule has 0 aliphatic rings. The van der Waals surface area contributed by atoms with E-state index in [1.165, 1.54) is 11.1 Å². The molecule has 2 aromatic carbocycles. The first-order chi connectivity index (χ1) is 14.5. The summed E-state index contributed by atoms with van der Waals surface area (Å²) in [4.78, 5) is 27.7. The van der Waals surface area contributed by atoms with Crippen molar-refractivity contribution in [1.82, 2.24) is 10.2 Å². The number of nitrogens with one attached hydrogen (secondary N) is 1. The lowest BCUT2D eigenvalue weighted by Crippen LogP contribution is -2.49. The summed E-state index contributed by atoms with van der Waals surface area (Å²) in [5.41, 5.74) is 3.42. The van der Waals surface area contributed by atoms with Gasteiger partial charge in [0, 0.05) is 18.8 Å². The molecule has 30 heavy (non-hydrogen) atoms. The van der Waals surface area contributed by atoms with E-state index in [1.54, 1.807) is 16.7 Å². The molecule has 5 heteroatoms. The highest BCUT2D eigenvalue weighted by Gasteiger charge is 2.28. The summed E-state index contributed by atoms with van der Waals surface area (Å²) in [5.74, 6) is 1.10. The molecule has 0 aliphatic carbocycles. The summed E-state index contributed by atoms with van der Waals surface area (Å²) in [6.07, 6.45) is 2.57. The fourth-order valence-corrected chi connectivity index (χ4v) is 4.10. The molecule has 2 rings (SSSR count). The van der Waals surface area contributed by atoms with Crippen molar-refractivity contribution in [1.29, 1.82) is 0 Å². The number of aryl methyl sites for hydroxylation is 1. The van der Waals surface area contributed by atoms with Gasteiger partial charge in [-0.1, -0.05) is 80.4 Å². The van der Waals surface area contributed by atoms with Gasteiger partial charge in [0.25, 0.3) is 0 Å². The van der Waals surface area contributed by atoms with Gasteiger partial charge in [0.1, 0.15) is 6.04 Å². The summed E-state index contributed by atoms with van der Waals surface area (Å²) < 4.78 is 0. The Balaban J connectivity index is 2.08. The van der Waals surface area contributed by atoms with E-state index in [0.29, 0.717) is 25.3 Å². The third-order valence-electron chi connectivity index (χ3n) is 5.03. The Morgan fingerprint density at radius 2 is 1.70 bits per heavy atom. The Kier molecular flexibility index (Phi) is 10.5. The van der Waals surface area contributed by atoms with Gasteiger partial charge >= 0.3 is 0 Å². The standard InChI is InChI=1S/C25H34N2O2S/c1-4-6-16-26-25(29)23(5-2)27(17-21-14-12-20(3)13-15-21)24(28)19-30-18-22-10-8-7-9-11-22/h7-15,23H,4-6,16-19H2,1-3H3,(H,26,29)/t23-/m1/s1. The van der Waals surface area contributed by atoms with Crippen molar-refractivity contribution < 1.29 is 9.59 Å². The van der Waals surface area contributed by atoms with E-state index in [2.05, 4.69) is 24.4 Å². The Bertz CT molecular complexity index is 777. The van der Waals surface area contributed by atoms with E-state index in [0.717, 1.165) is 24.2 Å². The summed E-state index contributed by atoms with van der Waals surface area (Å²) in [5, 5.41) is 3.01. The maximum Gasteiger partial charge on any atom is 0.242 e. The number of thioether (sulfide) groups is 1. The van der Waals surface area contributed by atoms with Crippen LogP contribution >= 0.6 is 11.8 Å². The van der Waals surface area contributed by atoms with Crippen LogP contribution in [0.2, 0.25) is 0 Å². The van der Waals surface area contributed by atoms with Crippen LogP contribution in [0.1, 0.15) is 49.8 Å². The summed E-state index contributed by atoms with van der Waals surface area (Å²) in [6, 6.07) is 17.9. The van der Waals surface area contributed by atoms with Crippen LogP contribution in [0, 0.1) is 6.92 Å². The normalized spacial score (nSPS) is 11.7. The lowest BCUT2D eigenvalue weighted by molar-refractivity contribution is -0.139. The Morgan fingerprint density at radius 1 is 1.00 bits per heavy atom. The molecule has 162 valence electrons. The molecule has 0 fully saturated rings. The van der Waals surface area contributed by atoms with Gasteiger partial charge in [-0.05, 0) is 30.9 Å². The van der Waals surface area contributed by atoms with Gasteiger partial charge in [-0.2, -0.15) is 0 Å². The maximum absolute atomic E-state index is 13.2. The molecule has 0 saturated carbocycles. The van der Waals surface area contributed by atoms with Gasteiger partial charge in [-0.15, -0.1) is 11.8 Å². The SMILES string of the molecule is CCCCNC(=O)[C@@H](CC)N(Cc1ccc(C)cc1)C(=O)CSCc1ccccc1. The van der Waals surface area contributed by atoms with E-state index in [4.69, 9.17) is 0 Å². The molecule has 0 unspecified atom stereocenters. The first-order valence-corrected chi connectivity index (χ1v) is 11.9. The fourth-order valence-electron chi connectivity index (χ4n) is 3.23. The second kappa shape index (κ2) is 13.1. The Labute approximate surface area is 185 Å². The van der Waals surface area contributed by atoms with Crippen molar-refractivity contribution in [3.8, 4) is 0 Å². The molecule has 0 bridgehead atoms. The predicted octanol–water partition coefficient (Wildman–Crippen LogP) is 4.95. The summed E-state index contributed by atoms with van der Waals surface area (Å²) in [7, 11) is 0. The van der Waals surface area contributed by atoms with Crippen LogP contribution in [-0.4, -0.2) is 35.1 Å². The first-order valence-electron chi connectivity index (χ1n) is 10.8. The molecule has 1 atom stereocenters. The number of hydrogen-bond donors (Lipinski definition) is 1. The van der Waals surface area contributed by atoms with Gasteiger partial charge in [0.2, 0.25) is 11.8 Å². The van der Waals surface area contributed by atoms with Crippen LogP contribution in [0.3, 0.4) is 0 Å². The van der Waals surface area contributed by atoms with Crippen molar-refractivity contribution in [3.05, 3.63) is 71.3 Å². The minimum Gasteiger partial charge on any atom is -0.354 e. The Morgan fingerprint density at radius 3 is 2.33 bits per heavy atom. The second-order valence-corrected chi connectivity index (χ2v) is 8.54. The largest absolute Gasteiger partial charge is 0.354 e. The number of rotatable bonds is 12. The van der Waals surface area contributed by atoms with Crippen LogP contribution in [0.25, 0.3) is 0 Å². The van der Waals surface area contributed by atoms with E-state index in [9.17, 15) is 9.59 Å². The smallest absolute Gasteiger partial charge is 0.242 e. The van der Waals surface area contributed by atoms with Crippen LogP contribution in [0.5, 0.6) is 0 Å². The molecule has 0 saturated heterocycles. The minimum absolute atomic E-state index is 0.00833. The molecule has 0 radical (unpaired) electrons. The zero-order valence-electron chi connectivity index (χ0n) is 18.4. The molecule has 4 nitrogen and oxygen atoms in total. The zero-order valence-corrected chi connectivity index (χ0v) is 19.2. The number of hydrogen-bond acceptors (Lipinski definition) is 3. The van der Waals surface area contributed by atoms with Crippen LogP contribution in [-0.2, 0) is 21.9 Å². The van der Waals surface area contributed by atoms with Gasteiger partial charge in [0.05, 0.1) is 5.75 Å². The molecule has 2 amide bonds. The average molecular weight is 427 g/mol. The molecule has 0 heterocycles. The summed E-state index contributed by atoms with van der Waals surface area (Å²) >= 11 is 1.59. The number of carbonyl (C=O) groups excluding carboxylic acids is 2. The monoisotopic (exact) mass is 426 g/mol. The number of unbranched alkanes of at least 4 members (excludes halogenated alkanes) is 1. The zero-order chi connectivity index (χ0) is 21.8. The van der Waals surface area contributed by atoms with Gasteiger partial charge in [-0.3, -0.25) is 9.59 Å². The highest BCUT2D eigenvalue weighted by Crippen LogP contribution is 2.17. The molecule has 0 spiro atoms. The van der Waals surface area contributed by atoms with Gasteiger partial charge < -0.3 is 10.2 Å². The molecule has 0 aromatic heterocycles. The number of nitrogens with zero attached hydrogens (tertiary/aromatic N) is 1. The van der Waals surface area contributed by atoms with Crippen LogP contribution in [0.15, 0.2) is 54.6 Å². The predicted molar refractivity (Wildman–Crippen MR) is 126 cm³/mol. The van der Waals surface area contributed by atoms with E-state index >= 15 is 0 Å². The molecule has 0 aliphatic heterocycles. The lowest BCUT2D eigenvalue weighted by atomic mass is 10.1. The Hall–Kier alpha value is -2.27. The van der Waals surface area contributed by atoms with E-state index < -0.39 is 6.04 Å². The molecular weight excluding hydrogens is 392 g/mol. The third kappa shape index (κ3) is 7.86. The lowest BCUT2D eigenvalue weighted by Gasteiger charge is -2.30. The van der Waals surface area contributed by atoms with E-state index in [1.807, 2.05) is 56.3 Å². The maximum atomic E-state index is 13.2. The molecule has 2 aromatic rings. The van der Waals surface area contributed by atoms with Crippen molar-refractivity contribution in [2.75, 3.05) is 12.3 Å². The third-order valence-corrected chi connectivity index (χ3v) is 6.01. The second-order valence-electron chi connectivity index (χ2n) is 7.55. The van der Waals surface area contributed by atoms with Crippen molar-refractivity contribution in [2.24, 2.45) is 0 Å². The fraction of sp³-hybridized carbons (Fsp3) is 0.440. The quantitative estimate of drug-likeness (QED) is 0.489. The highest BCUT2D eigenvalue weighted by molar-refractivity contribution is 7.99. The minimum atomic E-state index is -0.451. The van der Waals surface area contributed by atoms with Crippen molar-refractivity contribution in [2.45, 2.75) is 58.4 Å². The molecule has 1 N–H and O–H groups in total. The van der Waals surface area contributed by atoms with Crippen LogP contribution < -0.4 is 5.32 Å². The van der Waals surface area contributed by atoms with E-state index in [-0.39, 0.29) is 11.8 Å². The van der Waals surface area contributed by atoms with Crippen molar-refractivity contribution >= 4 is 23.6 Å². The number of carbonyl (C=O) groups is 2. The first kappa shape index (κ1) is 24.0. The van der Waals surface area contributed by atoms with Crippen molar-refractivity contribution in [3.63, 3.8) is 0 Å². The summed E-state index contributed by atoms with van der Waals surface area (Å²) in [6.45, 7) is 7.21.